The molecular weight excluding hydrogens is 231 g/mol. The van der Waals surface area contributed by atoms with Crippen molar-refractivity contribution in [1.82, 2.24) is 4.98 Å². The summed E-state index contributed by atoms with van der Waals surface area (Å²) >= 11 is 0. The van der Waals surface area contributed by atoms with Crippen molar-refractivity contribution in [3.8, 4) is 6.07 Å². The van der Waals surface area contributed by atoms with E-state index in [0.29, 0.717) is 17.7 Å². The number of aryl methyl sites for hydroxylation is 1. The Morgan fingerprint density at radius 1 is 1.33 bits per heavy atom. The van der Waals surface area contributed by atoms with Crippen LogP contribution in [0.5, 0.6) is 0 Å². The molecule has 0 saturated carbocycles. The van der Waals surface area contributed by atoms with Crippen molar-refractivity contribution >= 4 is 0 Å². The van der Waals surface area contributed by atoms with Crippen molar-refractivity contribution in [3.05, 3.63) is 68.9 Å². The number of benzene rings is 1. The largest absolute Gasteiger partial charge is 0.325 e. The van der Waals surface area contributed by atoms with Gasteiger partial charge in [-0.3, -0.25) is 4.79 Å². The molecule has 0 bridgehead atoms. The zero-order valence-corrected chi connectivity index (χ0v) is 9.83. The third-order valence-corrected chi connectivity index (χ3v) is 2.67. The molecule has 0 amide bonds. The number of aromatic amines is 1. The van der Waals surface area contributed by atoms with Gasteiger partial charge in [0.05, 0.1) is 0 Å². The fourth-order valence-electron chi connectivity index (χ4n) is 1.84. The van der Waals surface area contributed by atoms with Gasteiger partial charge in [-0.1, -0.05) is 12.1 Å². The lowest BCUT2D eigenvalue weighted by Gasteiger charge is -2.05. The summed E-state index contributed by atoms with van der Waals surface area (Å²) in [5.74, 6) is -0.304. The number of hydrogen-bond donors (Lipinski definition) is 1. The molecule has 0 saturated heterocycles. The fourth-order valence-corrected chi connectivity index (χ4v) is 1.84. The standard InChI is InChI=1S/C14H11FN2O/c1-9-6-11(13(8-16)14(18)17-9)7-10-2-4-12(15)5-3-10/h2-6H,7H2,1H3,(H,17,18). The first-order valence-corrected chi connectivity index (χ1v) is 5.47. The maximum absolute atomic E-state index is 12.8. The summed E-state index contributed by atoms with van der Waals surface area (Å²) in [7, 11) is 0. The maximum atomic E-state index is 12.8. The van der Waals surface area contributed by atoms with E-state index in [1.807, 2.05) is 6.07 Å². The van der Waals surface area contributed by atoms with Gasteiger partial charge in [0, 0.05) is 5.69 Å². The second-order valence-corrected chi connectivity index (χ2v) is 4.10. The third-order valence-electron chi connectivity index (χ3n) is 2.67. The van der Waals surface area contributed by atoms with Gasteiger partial charge in [-0.2, -0.15) is 5.26 Å². The van der Waals surface area contributed by atoms with Crippen LogP contribution >= 0.6 is 0 Å². The summed E-state index contributed by atoms with van der Waals surface area (Å²) in [4.78, 5) is 14.2. The maximum Gasteiger partial charge on any atom is 0.266 e. The molecule has 2 rings (SSSR count). The molecule has 0 spiro atoms. The van der Waals surface area contributed by atoms with Gasteiger partial charge in [-0.25, -0.2) is 4.39 Å². The van der Waals surface area contributed by atoms with E-state index in [0.717, 1.165) is 5.56 Å². The van der Waals surface area contributed by atoms with Crippen LogP contribution < -0.4 is 5.56 Å². The number of pyridine rings is 1. The molecule has 0 fully saturated rings. The minimum atomic E-state index is -0.380. The van der Waals surface area contributed by atoms with Gasteiger partial charge in [0.25, 0.3) is 5.56 Å². The van der Waals surface area contributed by atoms with Gasteiger partial charge in [0.1, 0.15) is 17.4 Å². The lowest BCUT2D eigenvalue weighted by atomic mass is 10.0. The minimum absolute atomic E-state index is 0.116. The number of H-pyrrole nitrogens is 1. The average molecular weight is 242 g/mol. The summed E-state index contributed by atoms with van der Waals surface area (Å²) in [6.07, 6.45) is 0.438. The Hall–Kier alpha value is -2.41. The van der Waals surface area contributed by atoms with Crippen LogP contribution in [0, 0.1) is 24.1 Å². The molecule has 1 heterocycles. The second kappa shape index (κ2) is 4.84. The van der Waals surface area contributed by atoms with Gasteiger partial charge in [-0.15, -0.1) is 0 Å². The van der Waals surface area contributed by atoms with E-state index in [9.17, 15) is 9.18 Å². The van der Waals surface area contributed by atoms with Gasteiger partial charge < -0.3 is 4.98 Å². The average Bonchev–Trinajstić information content (AvgIpc) is 2.32. The Bertz CT molecular complexity index is 666. The lowest BCUT2D eigenvalue weighted by molar-refractivity contribution is 0.627. The van der Waals surface area contributed by atoms with Gasteiger partial charge in [0.2, 0.25) is 0 Å². The first-order chi connectivity index (χ1) is 8.60. The number of aromatic nitrogens is 1. The smallest absolute Gasteiger partial charge is 0.266 e. The van der Waals surface area contributed by atoms with Crippen LogP contribution in [-0.2, 0) is 6.42 Å². The van der Waals surface area contributed by atoms with E-state index >= 15 is 0 Å². The van der Waals surface area contributed by atoms with E-state index in [1.54, 1.807) is 25.1 Å². The quantitative estimate of drug-likeness (QED) is 0.878. The molecule has 4 heteroatoms. The lowest BCUT2D eigenvalue weighted by Crippen LogP contribution is -2.14. The normalized spacial score (nSPS) is 10.1. The molecule has 1 aromatic heterocycles. The number of nitrogens with one attached hydrogen (secondary N) is 1. The summed E-state index contributed by atoms with van der Waals surface area (Å²) in [5.41, 5.74) is 1.96. The molecule has 0 atom stereocenters. The predicted molar refractivity (Wildman–Crippen MR) is 65.7 cm³/mol. The van der Waals surface area contributed by atoms with E-state index in [1.165, 1.54) is 12.1 Å². The van der Waals surface area contributed by atoms with Crippen LogP contribution in [0.3, 0.4) is 0 Å². The Balaban J connectivity index is 2.43. The van der Waals surface area contributed by atoms with E-state index in [-0.39, 0.29) is 16.9 Å². The highest BCUT2D eigenvalue weighted by Gasteiger charge is 2.08. The first kappa shape index (κ1) is 12.1. The van der Waals surface area contributed by atoms with Crippen LogP contribution in [0.2, 0.25) is 0 Å². The zero-order valence-electron chi connectivity index (χ0n) is 9.83. The van der Waals surface area contributed by atoms with E-state index in [2.05, 4.69) is 4.98 Å². The molecule has 1 aromatic carbocycles. The third kappa shape index (κ3) is 2.46. The Kier molecular flexibility index (Phi) is 3.24. The summed E-state index contributed by atoms with van der Waals surface area (Å²) in [6.45, 7) is 1.76. The summed E-state index contributed by atoms with van der Waals surface area (Å²) in [5, 5.41) is 8.98. The predicted octanol–water partition coefficient (Wildman–Crippen LogP) is 2.28. The molecule has 2 aromatic rings. The van der Waals surface area contributed by atoms with Crippen LogP contribution in [0.4, 0.5) is 4.39 Å². The highest BCUT2D eigenvalue weighted by molar-refractivity contribution is 5.39. The van der Waals surface area contributed by atoms with Crippen LogP contribution in [0.25, 0.3) is 0 Å². The molecule has 1 N–H and O–H groups in total. The molecule has 0 radical (unpaired) electrons. The Morgan fingerprint density at radius 3 is 2.61 bits per heavy atom. The highest BCUT2D eigenvalue weighted by atomic mass is 19.1. The van der Waals surface area contributed by atoms with Crippen LogP contribution in [0.15, 0.2) is 35.1 Å². The monoisotopic (exact) mass is 242 g/mol. The minimum Gasteiger partial charge on any atom is -0.325 e. The first-order valence-electron chi connectivity index (χ1n) is 5.47. The second-order valence-electron chi connectivity index (χ2n) is 4.10. The number of nitriles is 1. The fraction of sp³-hybridized carbons (Fsp3) is 0.143. The summed E-state index contributed by atoms with van der Waals surface area (Å²) < 4.78 is 12.8. The molecule has 0 aliphatic heterocycles. The number of halogens is 1. The topological polar surface area (TPSA) is 56.6 Å². The molecule has 0 aliphatic rings. The van der Waals surface area contributed by atoms with Crippen molar-refractivity contribution in [2.45, 2.75) is 13.3 Å². The van der Waals surface area contributed by atoms with Crippen molar-refractivity contribution in [2.75, 3.05) is 0 Å². The number of hydrogen-bond acceptors (Lipinski definition) is 2. The molecule has 0 unspecified atom stereocenters. The van der Waals surface area contributed by atoms with Crippen molar-refractivity contribution in [3.63, 3.8) is 0 Å². The molecular formula is C14H11FN2O. The molecule has 18 heavy (non-hydrogen) atoms. The highest BCUT2D eigenvalue weighted by Crippen LogP contribution is 2.12. The van der Waals surface area contributed by atoms with E-state index in [4.69, 9.17) is 5.26 Å². The number of rotatable bonds is 2. The zero-order chi connectivity index (χ0) is 13.1. The van der Waals surface area contributed by atoms with Crippen molar-refractivity contribution in [2.24, 2.45) is 0 Å². The van der Waals surface area contributed by atoms with Gasteiger partial charge in [0.15, 0.2) is 0 Å². The number of nitrogens with zero attached hydrogens (tertiary/aromatic N) is 1. The van der Waals surface area contributed by atoms with Crippen molar-refractivity contribution in [1.29, 1.82) is 5.26 Å². The Labute approximate surface area is 104 Å². The van der Waals surface area contributed by atoms with Crippen LogP contribution in [0.1, 0.15) is 22.4 Å². The van der Waals surface area contributed by atoms with Crippen molar-refractivity contribution < 1.29 is 4.39 Å². The molecule has 3 nitrogen and oxygen atoms in total. The molecule has 90 valence electrons. The summed E-state index contributed by atoms with van der Waals surface area (Å²) in [6, 6.07) is 9.69. The molecule has 0 aliphatic carbocycles. The Morgan fingerprint density at radius 2 is 2.00 bits per heavy atom. The van der Waals surface area contributed by atoms with Crippen LogP contribution in [-0.4, -0.2) is 4.98 Å². The SMILES string of the molecule is Cc1cc(Cc2ccc(F)cc2)c(C#N)c(=O)[nH]1. The van der Waals surface area contributed by atoms with E-state index < -0.39 is 0 Å². The van der Waals surface area contributed by atoms with Gasteiger partial charge >= 0.3 is 0 Å². The van der Waals surface area contributed by atoms with Gasteiger partial charge in [-0.05, 0) is 42.7 Å².